The van der Waals surface area contributed by atoms with Crippen molar-refractivity contribution in [3.63, 3.8) is 0 Å². The van der Waals surface area contributed by atoms with Crippen LogP contribution >= 0.6 is 0 Å². The van der Waals surface area contributed by atoms with Gasteiger partial charge in [0, 0.05) is 22.3 Å². The van der Waals surface area contributed by atoms with Crippen LogP contribution in [0.25, 0.3) is 0 Å². The molecular formula is C27H26O8. The first-order chi connectivity index (χ1) is 16.9. The number of fused-ring (bicyclic) bond motifs is 3. The van der Waals surface area contributed by atoms with E-state index in [1.54, 1.807) is 24.3 Å². The van der Waals surface area contributed by atoms with Gasteiger partial charge in [-0.05, 0) is 53.9 Å². The molecule has 0 spiro atoms. The fraction of sp³-hybridized carbons (Fsp3) is 0.259. The third-order valence-corrected chi connectivity index (χ3v) is 6.10. The molecule has 1 aliphatic rings. The van der Waals surface area contributed by atoms with Crippen molar-refractivity contribution in [2.45, 2.75) is 6.42 Å². The highest BCUT2D eigenvalue weighted by molar-refractivity contribution is 6.21. The maximum Gasteiger partial charge on any atom is 0.194 e. The summed E-state index contributed by atoms with van der Waals surface area (Å²) in [6, 6.07) is 9.83. The monoisotopic (exact) mass is 478 g/mol. The minimum Gasteiger partial charge on any atom is -0.493 e. The van der Waals surface area contributed by atoms with E-state index in [4.69, 9.17) is 28.4 Å². The Labute approximate surface area is 203 Å². The molecule has 0 heterocycles. The summed E-state index contributed by atoms with van der Waals surface area (Å²) < 4.78 is 32.7. The number of rotatable bonds is 6. The molecule has 0 bridgehead atoms. The molecule has 182 valence electrons. The molecule has 8 heteroatoms. The summed E-state index contributed by atoms with van der Waals surface area (Å²) in [5.74, 6) is 1.72. The highest BCUT2D eigenvalue weighted by Gasteiger charge is 2.30. The van der Waals surface area contributed by atoms with Crippen LogP contribution in [0, 0.1) is 0 Å². The van der Waals surface area contributed by atoms with Crippen molar-refractivity contribution >= 4 is 11.6 Å². The highest BCUT2D eigenvalue weighted by Crippen LogP contribution is 2.40. The minimum absolute atomic E-state index is 0.184. The van der Waals surface area contributed by atoms with Crippen molar-refractivity contribution in [2.24, 2.45) is 0 Å². The summed E-state index contributed by atoms with van der Waals surface area (Å²) in [7, 11) is 9.00. The van der Waals surface area contributed by atoms with E-state index >= 15 is 0 Å². The molecule has 35 heavy (non-hydrogen) atoms. The number of benzene rings is 3. The molecule has 4 rings (SSSR count). The number of ketones is 2. The van der Waals surface area contributed by atoms with Gasteiger partial charge in [0.15, 0.2) is 46.1 Å². The molecule has 0 saturated heterocycles. The zero-order valence-corrected chi connectivity index (χ0v) is 20.4. The molecule has 3 aromatic rings. The molecule has 0 fully saturated rings. The standard InChI is InChI=1S/C27H26O8/c1-30-20-8-14-7-15-9-21(31-2)23(33-4)11-17(15)27(29)19-13-25(35-6)24(34-5)12-18(19)26(28)16(14)10-22(20)32-3/h8-13H,7H2,1-6H3. The van der Waals surface area contributed by atoms with E-state index < -0.39 is 0 Å². The quantitative estimate of drug-likeness (QED) is 0.409. The van der Waals surface area contributed by atoms with Gasteiger partial charge in [0.2, 0.25) is 0 Å². The van der Waals surface area contributed by atoms with Gasteiger partial charge >= 0.3 is 0 Å². The van der Waals surface area contributed by atoms with Crippen LogP contribution in [0.4, 0.5) is 0 Å². The predicted octanol–water partition coefficient (Wildman–Crippen LogP) is 4.10. The van der Waals surface area contributed by atoms with Crippen molar-refractivity contribution in [3.8, 4) is 34.5 Å². The van der Waals surface area contributed by atoms with E-state index in [1.807, 2.05) is 0 Å². The van der Waals surface area contributed by atoms with Gasteiger partial charge in [-0.15, -0.1) is 0 Å². The van der Waals surface area contributed by atoms with Crippen LogP contribution in [0.5, 0.6) is 34.5 Å². The molecule has 0 N–H and O–H groups in total. The summed E-state index contributed by atoms with van der Waals surface area (Å²) in [5.41, 5.74) is 2.46. The zero-order chi connectivity index (χ0) is 25.3. The second-order valence-corrected chi connectivity index (χ2v) is 7.82. The molecule has 0 amide bonds. The average Bonchev–Trinajstić information content (AvgIpc) is 2.93. The van der Waals surface area contributed by atoms with Crippen LogP contribution in [0.2, 0.25) is 0 Å². The summed E-state index contributed by atoms with van der Waals surface area (Å²) in [4.78, 5) is 27.8. The van der Waals surface area contributed by atoms with Crippen LogP contribution in [-0.2, 0) is 6.42 Å². The molecular weight excluding hydrogens is 452 g/mol. The van der Waals surface area contributed by atoms with Crippen molar-refractivity contribution in [3.05, 3.63) is 69.8 Å². The van der Waals surface area contributed by atoms with Gasteiger partial charge in [-0.3, -0.25) is 9.59 Å². The van der Waals surface area contributed by atoms with Crippen LogP contribution < -0.4 is 28.4 Å². The fourth-order valence-electron chi connectivity index (χ4n) is 4.31. The maximum atomic E-state index is 13.9. The largest absolute Gasteiger partial charge is 0.493 e. The van der Waals surface area contributed by atoms with Crippen LogP contribution in [0.3, 0.4) is 0 Å². The third kappa shape index (κ3) is 4.01. The Morgan fingerprint density at radius 2 is 0.686 bits per heavy atom. The molecule has 0 unspecified atom stereocenters. The summed E-state index contributed by atoms with van der Waals surface area (Å²) in [6.07, 6.45) is 0.269. The van der Waals surface area contributed by atoms with Crippen molar-refractivity contribution < 1.29 is 38.0 Å². The Bertz CT molecular complexity index is 1220. The molecule has 0 aromatic heterocycles. The van der Waals surface area contributed by atoms with E-state index in [2.05, 4.69) is 0 Å². The first-order valence-corrected chi connectivity index (χ1v) is 10.8. The van der Waals surface area contributed by atoms with Crippen LogP contribution in [0.1, 0.15) is 43.0 Å². The van der Waals surface area contributed by atoms with E-state index in [0.29, 0.717) is 56.8 Å². The molecule has 3 aromatic carbocycles. The number of carbonyl (C=O) groups excluding carboxylic acids is 2. The lowest BCUT2D eigenvalue weighted by Crippen LogP contribution is -2.13. The number of carbonyl (C=O) groups is 2. The molecule has 0 saturated carbocycles. The van der Waals surface area contributed by atoms with Gasteiger partial charge in [-0.2, -0.15) is 0 Å². The van der Waals surface area contributed by atoms with E-state index in [0.717, 1.165) is 0 Å². The SMILES string of the molecule is COc1cc2c(cc1OC)C(=O)c1cc(OC)c(OC)cc1C(=O)c1cc(OC)c(OC)cc1C2. The maximum absolute atomic E-state index is 13.9. The number of hydrogen-bond acceptors (Lipinski definition) is 8. The van der Waals surface area contributed by atoms with Gasteiger partial charge in [0.1, 0.15) is 0 Å². The van der Waals surface area contributed by atoms with Gasteiger partial charge in [0.25, 0.3) is 0 Å². The highest BCUT2D eigenvalue weighted by atomic mass is 16.5. The lowest BCUT2D eigenvalue weighted by Gasteiger charge is -2.16. The first-order valence-electron chi connectivity index (χ1n) is 10.8. The third-order valence-electron chi connectivity index (χ3n) is 6.10. The fourth-order valence-corrected chi connectivity index (χ4v) is 4.31. The van der Waals surface area contributed by atoms with Gasteiger partial charge < -0.3 is 28.4 Å². The predicted molar refractivity (Wildman–Crippen MR) is 128 cm³/mol. The first kappa shape index (κ1) is 23.9. The Hall–Kier alpha value is -4.20. The normalized spacial score (nSPS) is 12.3. The smallest absolute Gasteiger partial charge is 0.194 e. The van der Waals surface area contributed by atoms with Crippen molar-refractivity contribution in [1.82, 2.24) is 0 Å². The Kier molecular flexibility index (Phi) is 6.55. The summed E-state index contributed by atoms with van der Waals surface area (Å²) >= 11 is 0. The van der Waals surface area contributed by atoms with Crippen LogP contribution in [-0.4, -0.2) is 54.2 Å². The number of methoxy groups -OCH3 is 6. The van der Waals surface area contributed by atoms with Crippen molar-refractivity contribution in [1.29, 1.82) is 0 Å². The number of hydrogen-bond donors (Lipinski definition) is 0. The van der Waals surface area contributed by atoms with Gasteiger partial charge in [-0.25, -0.2) is 0 Å². The minimum atomic E-state index is -0.350. The zero-order valence-electron chi connectivity index (χ0n) is 20.4. The lowest BCUT2D eigenvalue weighted by molar-refractivity contribution is 0.100. The number of ether oxygens (including phenoxy) is 6. The molecule has 0 radical (unpaired) electrons. The topological polar surface area (TPSA) is 89.5 Å². The lowest BCUT2D eigenvalue weighted by atomic mass is 9.92. The summed E-state index contributed by atoms with van der Waals surface area (Å²) in [6.45, 7) is 0. The Balaban J connectivity index is 2.12. The Morgan fingerprint density at radius 1 is 0.429 bits per heavy atom. The summed E-state index contributed by atoms with van der Waals surface area (Å²) in [5, 5.41) is 0. The van der Waals surface area contributed by atoms with Gasteiger partial charge in [-0.1, -0.05) is 0 Å². The van der Waals surface area contributed by atoms with E-state index in [9.17, 15) is 9.59 Å². The van der Waals surface area contributed by atoms with Crippen LogP contribution in [0.15, 0.2) is 36.4 Å². The van der Waals surface area contributed by atoms with Crippen molar-refractivity contribution in [2.75, 3.05) is 42.7 Å². The second-order valence-electron chi connectivity index (χ2n) is 7.82. The average molecular weight is 478 g/mol. The molecule has 1 aliphatic carbocycles. The van der Waals surface area contributed by atoms with E-state index in [1.165, 1.54) is 54.8 Å². The molecule has 0 atom stereocenters. The van der Waals surface area contributed by atoms with Gasteiger partial charge in [0.05, 0.1) is 42.7 Å². The molecule has 8 nitrogen and oxygen atoms in total. The molecule has 0 aliphatic heterocycles. The second kappa shape index (κ2) is 9.58. The van der Waals surface area contributed by atoms with E-state index in [-0.39, 0.29) is 29.1 Å². The Morgan fingerprint density at radius 3 is 0.971 bits per heavy atom.